The van der Waals surface area contributed by atoms with E-state index in [-0.39, 0.29) is 17.4 Å². The van der Waals surface area contributed by atoms with Gasteiger partial charge in [-0.05, 0) is 23.6 Å². The van der Waals surface area contributed by atoms with Gasteiger partial charge in [-0.2, -0.15) is 0 Å². The average molecular weight is 291 g/mol. The highest BCUT2D eigenvalue weighted by molar-refractivity contribution is 5.87. The van der Waals surface area contributed by atoms with Crippen LogP contribution in [0.5, 0.6) is 0 Å². The minimum Gasteiger partial charge on any atom is -0.478 e. The minimum absolute atomic E-state index is 0.0169. The SMILES string of the molecule is CCC(CC)C(C)C(=O)N(C)Cc1ccc(C(=O)O)cc1. The monoisotopic (exact) mass is 291 g/mol. The fourth-order valence-corrected chi connectivity index (χ4v) is 2.65. The zero-order chi connectivity index (χ0) is 16.0. The van der Waals surface area contributed by atoms with Gasteiger partial charge in [-0.3, -0.25) is 4.79 Å². The summed E-state index contributed by atoms with van der Waals surface area (Å²) < 4.78 is 0. The molecule has 0 radical (unpaired) electrons. The molecular weight excluding hydrogens is 266 g/mol. The molecule has 0 fully saturated rings. The van der Waals surface area contributed by atoms with E-state index in [0.717, 1.165) is 18.4 Å². The maximum Gasteiger partial charge on any atom is 0.335 e. The average Bonchev–Trinajstić information content (AvgIpc) is 2.48. The molecule has 1 atom stereocenters. The molecule has 0 bridgehead atoms. The second-order valence-corrected chi connectivity index (χ2v) is 5.56. The van der Waals surface area contributed by atoms with Crippen molar-refractivity contribution < 1.29 is 14.7 Å². The standard InChI is InChI=1S/C17H25NO3/c1-5-14(6-2)12(3)16(19)18(4)11-13-7-9-15(10-8-13)17(20)21/h7-10,12,14H,5-6,11H2,1-4H3,(H,20,21). The maximum absolute atomic E-state index is 12.4. The summed E-state index contributed by atoms with van der Waals surface area (Å²) in [4.78, 5) is 24.9. The molecule has 1 aromatic carbocycles. The smallest absolute Gasteiger partial charge is 0.335 e. The summed E-state index contributed by atoms with van der Waals surface area (Å²) in [6.07, 6.45) is 2.01. The van der Waals surface area contributed by atoms with Gasteiger partial charge in [0.25, 0.3) is 0 Å². The number of rotatable bonds is 7. The van der Waals surface area contributed by atoms with Gasteiger partial charge in [0.05, 0.1) is 5.56 Å². The van der Waals surface area contributed by atoms with Crippen LogP contribution in [0, 0.1) is 11.8 Å². The lowest BCUT2D eigenvalue weighted by Gasteiger charge is -2.26. The van der Waals surface area contributed by atoms with Gasteiger partial charge >= 0.3 is 5.97 Å². The summed E-state index contributed by atoms with van der Waals surface area (Å²) in [7, 11) is 1.80. The zero-order valence-electron chi connectivity index (χ0n) is 13.3. The summed E-state index contributed by atoms with van der Waals surface area (Å²) in [6, 6.07) is 6.66. The molecule has 1 aromatic rings. The zero-order valence-corrected chi connectivity index (χ0v) is 13.3. The van der Waals surface area contributed by atoms with Crippen LogP contribution in [0.4, 0.5) is 0 Å². The number of amides is 1. The number of carbonyl (C=O) groups excluding carboxylic acids is 1. The van der Waals surface area contributed by atoms with Crippen LogP contribution in [0.25, 0.3) is 0 Å². The van der Waals surface area contributed by atoms with E-state index in [1.807, 2.05) is 6.92 Å². The van der Waals surface area contributed by atoms with Crippen molar-refractivity contribution in [3.05, 3.63) is 35.4 Å². The molecule has 1 rings (SSSR count). The first-order valence-electron chi connectivity index (χ1n) is 7.47. The molecule has 1 N–H and O–H groups in total. The molecule has 1 unspecified atom stereocenters. The molecule has 0 aliphatic heterocycles. The Hall–Kier alpha value is -1.84. The third-order valence-electron chi connectivity index (χ3n) is 4.14. The summed E-state index contributed by atoms with van der Waals surface area (Å²) in [5, 5.41) is 8.87. The summed E-state index contributed by atoms with van der Waals surface area (Å²) in [5.74, 6) is -0.364. The number of nitrogens with zero attached hydrogens (tertiary/aromatic N) is 1. The molecule has 116 valence electrons. The van der Waals surface area contributed by atoms with Crippen molar-refractivity contribution in [1.29, 1.82) is 0 Å². The van der Waals surface area contributed by atoms with Crippen LogP contribution < -0.4 is 0 Å². The first kappa shape index (κ1) is 17.2. The van der Waals surface area contributed by atoms with Gasteiger partial charge in [0.15, 0.2) is 0 Å². The maximum atomic E-state index is 12.4. The van der Waals surface area contributed by atoms with E-state index >= 15 is 0 Å². The summed E-state index contributed by atoms with van der Waals surface area (Å²) in [5.41, 5.74) is 1.20. The van der Waals surface area contributed by atoms with Crippen LogP contribution in [-0.2, 0) is 11.3 Å². The van der Waals surface area contributed by atoms with Crippen LogP contribution in [0.3, 0.4) is 0 Å². The molecule has 0 spiro atoms. The van der Waals surface area contributed by atoms with Crippen LogP contribution in [0.1, 0.15) is 49.5 Å². The normalized spacial score (nSPS) is 12.2. The fourth-order valence-electron chi connectivity index (χ4n) is 2.65. The van der Waals surface area contributed by atoms with Crippen LogP contribution in [-0.4, -0.2) is 28.9 Å². The highest BCUT2D eigenvalue weighted by Gasteiger charge is 2.24. The molecule has 0 saturated heterocycles. The Kier molecular flexibility index (Phi) is 6.40. The molecule has 21 heavy (non-hydrogen) atoms. The third-order valence-corrected chi connectivity index (χ3v) is 4.14. The molecule has 0 aromatic heterocycles. The lowest BCUT2D eigenvalue weighted by molar-refractivity contribution is -0.136. The van der Waals surface area contributed by atoms with E-state index < -0.39 is 5.97 Å². The Labute approximate surface area is 126 Å². The minimum atomic E-state index is -0.937. The predicted octanol–water partition coefficient (Wildman–Crippen LogP) is 3.42. The summed E-state index contributed by atoms with van der Waals surface area (Å²) >= 11 is 0. The van der Waals surface area contributed by atoms with E-state index in [1.54, 1.807) is 36.2 Å². The summed E-state index contributed by atoms with van der Waals surface area (Å²) in [6.45, 7) is 6.72. The van der Waals surface area contributed by atoms with Gasteiger partial charge in [-0.25, -0.2) is 4.79 Å². The van der Waals surface area contributed by atoms with E-state index in [2.05, 4.69) is 13.8 Å². The molecule has 0 aliphatic carbocycles. The van der Waals surface area contributed by atoms with Crippen LogP contribution in [0.15, 0.2) is 24.3 Å². The molecule has 0 aliphatic rings. The van der Waals surface area contributed by atoms with E-state index in [9.17, 15) is 9.59 Å². The van der Waals surface area contributed by atoms with Gasteiger partial charge in [-0.1, -0.05) is 45.7 Å². The van der Waals surface area contributed by atoms with Crippen molar-refractivity contribution in [1.82, 2.24) is 4.90 Å². The number of hydrogen-bond acceptors (Lipinski definition) is 2. The van der Waals surface area contributed by atoms with Gasteiger partial charge in [-0.15, -0.1) is 0 Å². The van der Waals surface area contributed by atoms with Gasteiger partial charge in [0, 0.05) is 19.5 Å². The van der Waals surface area contributed by atoms with Crippen molar-refractivity contribution in [3.8, 4) is 0 Å². The number of aromatic carboxylic acids is 1. The first-order chi connectivity index (χ1) is 9.90. The van der Waals surface area contributed by atoms with Crippen molar-refractivity contribution in [3.63, 3.8) is 0 Å². The number of carbonyl (C=O) groups is 2. The Morgan fingerprint density at radius 2 is 1.67 bits per heavy atom. The largest absolute Gasteiger partial charge is 0.478 e. The van der Waals surface area contributed by atoms with E-state index in [4.69, 9.17) is 5.11 Å². The van der Waals surface area contributed by atoms with E-state index in [0.29, 0.717) is 12.5 Å². The Balaban J connectivity index is 2.69. The van der Waals surface area contributed by atoms with Crippen LogP contribution in [0.2, 0.25) is 0 Å². The highest BCUT2D eigenvalue weighted by Crippen LogP contribution is 2.21. The first-order valence-corrected chi connectivity index (χ1v) is 7.47. The molecule has 1 amide bonds. The molecule has 4 heteroatoms. The Morgan fingerprint density at radius 1 is 1.14 bits per heavy atom. The topological polar surface area (TPSA) is 57.6 Å². The predicted molar refractivity (Wildman–Crippen MR) is 83.1 cm³/mol. The van der Waals surface area contributed by atoms with Crippen molar-refractivity contribution in [2.45, 2.75) is 40.2 Å². The lowest BCUT2D eigenvalue weighted by Crippen LogP contribution is -2.34. The van der Waals surface area contributed by atoms with Crippen molar-refractivity contribution >= 4 is 11.9 Å². The Morgan fingerprint density at radius 3 is 2.10 bits per heavy atom. The molecular formula is C17H25NO3. The van der Waals surface area contributed by atoms with Crippen LogP contribution >= 0.6 is 0 Å². The van der Waals surface area contributed by atoms with Crippen molar-refractivity contribution in [2.24, 2.45) is 11.8 Å². The second-order valence-electron chi connectivity index (χ2n) is 5.56. The fraction of sp³-hybridized carbons (Fsp3) is 0.529. The van der Waals surface area contributed by atoms with Gasteiger partial charge < -0.3 is 10.0 Å². The number of hydrogen-bond donors (Lipinski definition) is 1. The molecule has 0 heterocycles. The Bertz CT molecular complexity index is 477. The molecule has 0 saturated carbocycles. The van der Waals surface area contributed by atoms with Crippen molar-refractivity contribution in [2.75, 3.05) is 7.05 Å². The second kappa shape index (κ2) is 7.81. The number of carboxylic acid groups (broad SMARTS) is 1. The molecule has 4 nitrogen and oxygen atoms in total. The number of carboxylic acids is 1. The quantitative estimate of drug-likeness (QED) is 0.837. The van der Waals surface area contributed by atoms with Gasteiger partial charge in [0.1, 0.15) is 0 Å². The third kappa shape index (κ3) is 4.59. The van der Waals surface area contributed by atoms with Gasteiger partial charge in [0.2, 0.25) is 5.91 Å². The van der Waals surface area contributed by atoms with E-state index in [1.165, 1.54) is 0 Å². The highest BCUT2D eigenvalue weighted by atomic mass is 16.4. The number of benzene rings is 1. The lowest BCUT2D eigenvalue weighted by atomic mass is 9.88.